The van der Waals surface area contributed by atoms with Gasteiger partial charge in [0, 0.05) is 5.41 Å². The van der Waals surface area contributed by atoms with E-state index in [1.165, 1.54) is 0 Å². The minimum atomic E-state index is -0.774. The molecule has 6 heteroatoms. The Balaban J connectivity index is 1.77. The van der Waals surface area contributed by atoms with E-state index in [9.17, 15) is 9.59 Å². The molecule has 1 fully saturated rings. The molecule has 2 aromatic carbocycles. The fourth-order valence-electron chi connectivity index (χ4n) is 4.43. The lowest BCUT2D eigenvalue weighted by molar-refractivity contribution is -0.158. The summed E-state index contributed by atoms with van der Waals surface area (Å²) < 4.78 is 17.6. The van der Waals surface area contributed by atoms with Crippen LogP contribution in [0.25, 0.3) is 0 Å². The number of ether oxygens (including phenoxy) is 3. The summed E-state index contributed by atoms with van der Waals surface area (Å²) in [7, 11) is 2.03. The molecule has 0 radical (unpaired) electrons. The highest BCUT2D eigenvalue weighted by molar-refractivity contribution is 6.12. The van der Waals surface area contributed by atoms with E-state index >= 15 is 0 Å². The molecule has 1 heterocycles. The fourth-order valence-corrected chi connectivity index (χ4v) is 4.43. The Bertz CT molecular complexity index is 912. The molecule has 1 aliphatic rings. The van der Waals surface area contributed by atoms with Crippen LogP contribution in [-0.4, -0.2) is 31.5 Å². The van der Waals surface area contributed by atoms with Gasteiger partial charge in [-0.15, -0.1) is 0 Å². The molecule has 0 saturated carbocycles. The number of carbonyl (C=O) groups is 2. The first kappa shape index (κ1) is 24.1. The average Bonchev–Trinajstić information content (AvgIpc) is 2.97. The Labute approximate surface area is 191 Å². The Morgan fingerprint density at radius 3 is 1.94 bits per heavy atom. The molecule has 1 saturated heterocycles. The van der Waals surface area contributed by atoms with E-state index in [0.717, 1.165) is 11.1 Å². The van der Waals surface area contributed by atoms with Crippen LogP contribution >= 0.6 is 0 Å². The molecule has 0 spiro atoms. The first-order valence-electron chi connectivity index (χ1n) is 11.2. The Morgan fingerprint density at radius 1 is 0.938 bits per heavy atom. The summed E-state index contributed by atoms with van der Waals surface area (Å²) >= 11 is 0. The van der Waals surface area contributed by atoms with Crippen molar-refractivity contribution in [3.8, 4) is 0 Å². The Morgan fingerprint density at radius 2 is 1.44 bits per heavy atom. The zero-order valence-corrected chi connectivity index (χ0v) is 19.7. The molecule has 4 atom stereocenters. The van der Waals surface area contributed by atoms with Crippen molar-refractivity contribution in [1.82, 2.24) is 0 Å². The third-order valence-electron chi connectivity index (χ3n) is 6.71. The molecular formula is C26H33BO5. The maximum Gasteiger partial charge on any atom is 0.312 e. The van der Waals surface area contributed by atoms with E-state index in [-0.39, 0.29) is 43.5 Å². The van der Waals surface area contributed by atoms with Gasteiger partial charge >= 0.3 is 11.9 Å². The molecule has 3 rings (SSSR count). The third-order valence-corrected chi connectivity index (χ3v) is 6.71. The van der Waals surface area contributed by atoms with Crippen LogP contribution in [0.15, 0.2) is 60.7 Å². The van der Waals surface area contributed by atoms with Gasteiger partial charge in [0.1, 0.15) is 21.1 Å². The first-order valence-corrected chi connectivity index (χ1v) is 11.2. The molecule has 0 amide bonds. The SMILES string of the molecule is B[C@H](C)C1OC(C)(C)[C@@](C)(CC(=O)OCc2ccccc2)C1C(=O)OCc1ccccc1. The monoisotopic (exact) mass is 436 g/mol. The maximum atomic E-state index is 13.3. The molecule has 0 bridgehead atoms. The molecule has 1 aliphatic heterocycles. The minimum absolute atomic E-state index is 0.0706. The molecule has 0 aliphatic carbocycles. The topological polar surface area (TPSA) is 61.8 Å². The quantitative estimate of drug-likeness (QED) is 0.461. The predicted octanol–water partition coefficient (Wildman–Crippen LogP) is 4.10. The summed E-state index contributed by atoms with van der Waals surface area (Å²) in [6.07, 6.45) is -0.276. The second-order valence-corrected chi connectivity index (χ2v) is 9.65. The molecule has 0 aromatic heterocycles. The van der Waals surface area contributed by atoms with Gasteiger partial charge in [-0.2, -0.15) is 0 Å². The van der Waals surface area contributed by atoms with Crippen molar-refractivity contribution in [2.24, 2.45) is 11.3 Å². The second kappa shape index (κ2) is 9.91. The summed E-state index contributed by atoms with van der Waals surface area (Å²) in [6.45, 7) is 8.24. The van der Waals surface area contributed by atoms with E-state index in [4.69, 9.17) is 14.2 Å². The van der Waals surface area contributed by atoms with Crippen LogP contribution in [0, 0.1) is 11.3 Å². The lowest BCUT2D eigenvalue weighted by Gasteiger charge is -2.38. The van der Waals surface area contributed by atoms with E-state index in [0.29, 0.717) is 0 Å². The lowest BCUT2D eigenvalue weighted by Crippen LogP contribution is -2.46. The van der Waals surface area contributed by atoms with Crippen LogP contribution in [0.5, 0.6) is 0 Å². The van der Waals surface area contributed by atoms with Gasteiger partial charge in [-0.3, -0.25) is 9.59 Å². The van der Waals surface area contributed by atoms with Crippen molar-refractivity contribution in [3.63, 3.8) is 0 Å². The van der Waals surface area contributed by atoms with Crippen molar-refractivity contribution in [2.75, 3.05) is 0 Å². The van der Waals surface area contributed by atoms with Crippen LogP contribution in [0.2, 0.25) is 5.82 Å². The Kier molecular flexibility index (Phi) is 7.45. The van der Waals surface area contributed by atoms with Crippen molar-refractivity contribution < 1.29 is 23.8 Å². The summed E-state index contributed by atoms with van der Waals surface area (Å²) in [5, 5.41) is 0. The zero-order chi connectivity index (χ0) is 23.4. The lowest BCUT2D eigenvalue weighted by atomic mass is 9.63. The largest absolute Gasteiger partial charge is 0.461 e. The van der Waals surface area contributed by atoms with Gasteiger partial charge in [-0.05, 0) is 30.8 Å². The Hall–Kier alpha value is -2.60. The smallest absolute Gasteiger partial charge is 0.312 e. The highest BCUT2D eigenvalue weighted by Crippen LogP contribution is 2.55. The van der Waals surface area contributed by atoms with Gasteiger partial charge in [0.15, 0.2) is 0 Å². The van der Waals surface area contributed by atoms with E-state index in [2.05, 4.69) is 0 Å². The summed E-state index contributed by atoms with van der Waals surface area (Å²) in [5.74, 6) is -1.18. The number of rotatable bonds is 8. The van der Waals surface area contributed by atoms with E-state index in [1.54, 1.807) is 0 Å². The molecule has 170 valence electrons. The molecular weight excluding hydrogens is 403 g/mol. The van der Waals surface area contributed by atoms with Crippen LogP contribution < -0.4 is 0 Å². The average molecular weight is 436 g/mol. The van der Waals surface area contributed by atoms with Crippen molar-refractivity contribution >= 4 is 19.8 Å². The van der Waals surface area contributed by atoms with Crippen LogP contribution in [-0.2, 0) is 37.0 Å². The van der Waals surface area contributed by atoms with Crippen LogP contribution in [0.1, 0.15) is 45.2 Å². The van der Waals surface area contributed by atoms with E-state index < -0.39 is 16.9 Å². The highest BCUT2D eigenvalue weighted by atomic mass is 16.6. The van der Waals surface area contributed by atoms with Crippen molar-refractivity contribution in [2.45, 2.75) is 64.9 Å². The van der Waals surface area contributed by atoms with Gasteiger partial charge in [-0.1, -0.05) is 74.5 Å². The zero-order valence-electron chi connectivity index (χ0n) is 19.7. The van der Waals surface area contributed by atoms with Gasteiger partial charge < -0.3 is 14.2 Å². The molecule has 0 N–H and O–H groups in total. The third kappa shape index (κ3) is 5.24. The number of carbonyl (C=O) groups excluding carboxylic acids is 2. The first-order chi connectivity index (χ1) is 15.1. The van der Waals surface area contributed by atoms with Gasteiger partial charge in [-0.25, -0.2) is 0 Å². The molecule has 5 nitrogen and oxygen atoms in total. The number of hydrogen-bond donors (Lipinski definition) is 0. The second-order valence-electron chi connectivity index (χ2n) is 9.65. The summed E-state index contributed by atoms with van der Waals surface area (Å²) in [4.78, 5) is 26.2. The standard InChI is InChI=1S/C26H33BO5/c1-18(27)23-22(24(29)31-17-20-13-9-6-10-14-20)26(4,25(2,3)32-23)15-21(28)30-16-19-11-7-5-8-12-19/h5-14,18,22-23H,15-17,27H2,1-4H3/t18-,22?,23?,26+/m1/s1. The normalized spacial score (nSPS) is 25.1. The van der Waals surface area contributed by atoms with E-state index in [1.807, 2.05) is 96.2 Å². The van der Waals surface area contributed by atoms with Crippen molar-refractivity contribution in [3.05, 3.63) is 71.8 Å². The molecule has 2 aromatic rings. The summed E-state index contributed by atoms with van der Waals surface area (Å²) in [6, 6.07) is 19.1. The number of esters is 2. The maximum absolute atomic E-state index is 13.3. The molecule has 2 unspecified atom stereocenters. The number of benzene rings is 2. The number of hydrogen-bond acceptors (Lipinski definition) is 5. The molecule has 32 heavy (non-hydrogen) atoms. The highest BCUT2D eigenvalue weighted by Gasteiger charge is 2.62. The van der Waals surface area contributed by atoms with Crippen LogP contribution in [0.4, 0.5) is 0 Å². The van der Waals surface area contributed by atoms with Crippen molar-refractivity contribution in [1.29, 1.82) is 0 Å². The predicted molar refractivity (Wildman–Crippen MR) is 126 cm³/mol. The minimum Gasteiger partial charge on any atom is -0.461 e. The summed E-state index contributed by atoms with van der Waals surface area (Å²) in [5.41, 5.74) is 0.365. The van der Waals surface area contributed by atoms with Gasteiger partial charge in [0.25, 0.3) is 0 Å². The van der Waals surface area contributed by atoms with Gasteiger partial charge in [0.05, 0.1) is 24.0 Å². The van der Waals surface area contributed by atoms with Crippen LogP contribution in [0.3, 0.4) is 0 Å². The fraction of sp³-hybridized carbons (Fsp3) is 0.462. The van der Waals surface area contributed by atoms with Gasteiger partial charge in [0.2, 0.25) is 0 Å².